The average Bonchev–Trinajstić information content (AvgIpc) is 2.93. The first-order valence-corrected chi connectivity index (χ1v) is 9.24. The van der Waals surface area contributed by atoms with Crippen molar-refractivity contribution in [1.29, 1.82) is 0 Å². The van der Waals surface area contributed by atoms with Crippen molar-refractivity contribution in [2.75, 3.05) is 13.7 Å². The number of benzene rings is 1. The molecule has 158 valence electrons. The molecule has 1 aliphatic heterocycles. The van der Waals surface area contributed by atoms with Gasteiger partial charge in [0.15, 0.2) is 5.79 Å². The molecule has 3 N–H and O–H groups in total. The van der Waals surface area contributed by atoms with Crippen molar-refractivity contribution in [2.24, 2.45) is 0 Å². The van der Waals surface area contributed by atoms with Gasteiger partial charge in [0.25, 0.3) is 0 Å². The van der Waals surface area contributed by atoms with Gasteiger partial charge in [0, 0.05) is 0 Å². The second kappa shape index (κ2) is 8.65. The Hall–Kier alpha value is -1.87. The average molecular weight is 397 g/mol. The van der Waals surface area contributed by atoms with E-state index in [1.54, 1.807) is 66.0 Å². The van der Waals surface area contributed by atoms with Gasteiger partial charge < -0.3 is 34.5 Å². The lowest BCUT2D eigenvalue weighted by atomic mass is 9.95. The van der Waals surface area contributed by atoms with E-state index < -0.39 is 48.4 Å². The summed E-state index contributed by atoms with van der Waals surface area (Å²) in [6.45, 7) is 8.23. The van der Waals surface area contributed by atoms with E-state index in [2.05, 4.69) is 5.32 Å². The molecule has 2 rings (SSSR count). The molecule has 8 nitrogen and oxygen atoms in total. The van der Waals surface area contributed by atoms with Crippen LogP contribution in [-0.2, 0) is 14.2 Å². The molecule has 0 spiro atoms. The summed E-state index contributed by atoms with van der Waals surface area (Å²) in [5.41, 5.74) is 0.0401. The Morgan fingerprint density at radius 2 is 1.79 bits per heavy atom. The molecule has 4 atom stereocenters. The largest absolute Gasteiger partial charge is 0.497 e. The standard InChI is InChI=1S/C20H31NO7/c1-19(2,3)28-18(24)21-15(12-7-9-13(25-6)10-8-12)17-16(14(23)11-22)26-20(4,5)27-17/h7-10,14-17,22-23H,11H2,1-6H3,(H,21,24)/t14-,15+,16-,17-/m0/s1. The van der Waals surface area contributed by atoms with Crippen LogP contribution in [0.3, 0.4) is 0 Å². The van der Waals surface area contributed by atoms with Gasteiger partial charge in [-0.2, -0.15) is 0 Å². The molecule has 0 aliphatic carbocycles. The van der Waals surface area contributed by atoms with E-state index in [0.29, 0.717) is 11.3 Å². The van der Waals surface area contributed by atoms with Crippen LogP contribution in [-0.4, -0.2) is 59.7 Å². The molecule has 0 saturated carbocycles. The van der Waals surface area contributed by atoms with Crippen LogP contribution < -0.4 is 10.1 Å². The molecule has 1 amide bonds. The van der Waals surface area contributed by atoms with Gasteiger partial charge in [-0.25, -0.2) is 4.79 Å². The molecule has 1 saturated heterocycles. The van der Waals surface area contributed by atoms with Crippen LogP contribution in [0.1, 0.15) is 46.2 Å². The van der Waals surface area contributed by atoms with E-state index in [9.17, 15) is 15.0 Å². The van der Waals surface area contributed by atoms with Gasteiger partial charge in [0.05, 0.1) is 19.8 Å². The highest BCUT2D eigenvalue weighted by Gasteiger charge is 2.49. The summed E-state index contributed by atoms with van der Waals surface area (Å²) in [5.74, 6) is -0.332. The Morgan fingerprint density at radius 3 is 2.29 bits per heavy atom. The molecule has 1 aromatic rings. The quantitative estimate of drug-likeness (QED) is 0.675. The number of carbonyl (C=O) groups is 1. The molecule has 0 aromatic heterocycles. The smallest absolute Gasteiger partial charge is 0.408 e. The zero-order valence-corrected chi connectivity index (χ0v) is 17.3. The molecule has 0 radical (unpaired) electrons. The number of rotatable bonds is 6. The number of nitrogens with one attached hydrogen (secondary N) is 1. The molecule has 0 bridgehead atoms. The summed E-state index contributed by atoms with van der Waals surface area (Å²) >= 11 is 0. The number of alkyl carbamates (subject to hydrolysis) is 1. The Balaban J connectivity index is 2.36. The van der Waals surface area contributed by atoms with E-state index in [1.807, 2.05) is 0 Å². The monoisotopic (exact) mass is 397 g/mol. The van der Waals surface area contributed by atoms with Gasteiger partial charge in [-0.1, -0.05) is 12.1 Å². The number of hydrogen-bond donors (Lipinski definition) is 3. The Kier molecular flexibility index (Phi) is 6.93. The van der Waals surface area contributed by atoms with Crippen LogP contribution in [0.4, 0.5) is 4.79 Å². The summed E-state index contributed by atoms with van der Waals surface area (Å²) in [4.78, 5) is 12.5. The first-order valence-electron chi connectivity index (χ1n) is 9.24. The molecule has 1 aromatic carbocycles. The van der Waals surface area contributed by atoms with Crippen LogP contribution in [0.25, 0.3) is 0 Å². The molecule has 1 heterocycles. The van der Waals surface area contributed by atoms with Crippen LogP contribution in [0.15, 0.2) is 24.3 Å². The molecule has 8 heteroatoms. The topological polar surface area (TPSA) is 106 Å². The van der Waals surface area contributed by atoms with E-state index in [1.165, 1.54) is 0 Å². The number of ether oxygens (including phenoxy) is 4. The van der Waals surface area contributed by atoms with Crippen molar-refractivity contribution < 1.29 is 34.0 Å². The van der Waals surface area contributed by atoms with Gasteiger partial charge >= 0.3 is 6.09 Å². The van der Waals surface area contributed by atoms with Crippen LogP contribution in [0.5, 0.6) is 5.75 Å². The van der Waals surface area contributed by atoms with E-state index in [4.69, 9.17) is 18.9 Å². The SMILES string of the molecule is COc1ccc([C@@H](NC(=O)OC(C)(C)C)[C@@H]2OC(C)(C)O[C@H]2[C@@H](O)CO)cc1. The summed E-state index contributed by atoms with van der Waals surface area (Å²) in [7, 11) is 1.56. The van der Waals surface area contributed by atoms with Crippen molar-refractivity contribution in [1.82, 2.24) is 5.32 Å². The van der Waals surface area contributed by atoms with Crippen molar-refractivity contribution in [3.05, 3.63) is 29.8 Å². The number of hydrogen-bond acceptors (Lipinski definition) is 7. The number of carbonyl (C=O) groups excluding carboxylic acids is 1. The maximum absolute atomic E-state index is 12.5. The van der Waals surface area contributed by atoms with Gasteiger partial charge in [0.2, 0.25) is 0 Å². The number of aliphatic hydroxyl groups excluding tert-OH is 2. The van der Waals surface area contributed by atoms with E-state index in [-0.39, 0.29) is 0 Å². The highest BCUT2D eigenvalue weighted by atomic mass is 16.8. The first kappa shape index (κ1) is 22.4. The lowest BCUT2D eigenvalue weighted by Crippen LogP contribution is -2.47. The highest BCUT2D eigenvalue weighted by molar-refractivity contribution is 5.68. The summed E-state index contributed by atoms with van der Waals surface area (Å²) in [5, 5.41) is 22.5. The highest BCUT2D eigenvalue weighted by Crippen LogP contribution is 2.37. The van der Waals surface area contributed by atoms with Gasteiger partial charge in [-0.05, 0) is 52.3 Å². The van der Waals surface area contributed by atoms with Gasteiger partial charge in [-0.3, -0.25) is 0 Å². The predicted molar refractivity (Wildman–Crippen MR) is 102 cm³/mol. The minimum absolute atomic E-state index is 0.498. The zero-order chi connectivity index (χ0) is 21.1. The molecular formula is C20H31NO7. The lowest BCUT2D eigenvalue weighted by Gasteiger charge is -2.30. The third-order valence-electron chi connectivity index (χ3n) is 4.21. The minimum atomic E-state index is -1.17. The second-order valence-corrected chi connectivity index (χ2v) is 8.21. The maximum atomic E-state index is 12.5. The first-order chi connectivity index (χ1) is 13.0. The minimum Gasteiger partial charge on any atom is -0.497 e. The summed E-state index contributed by atoms with van der Waals surface area (Å²) in [6, 6.07) is 6.42. The number of aliphatic hydroxyl groups is 2. The van der Waals surface area contributed by atoms with Crippen molar-refractivity contribution >= 4 is 6.09 Å². The molecule has 1 fully saturated rings. The third kappa shape index (κ3) is 5.81. The second-order valence-electron chi connectivity index (χ2n) is 8.21. The van der Waals surface area contributed by atoms with Crippen molar-refractivity contribution in [3.63, 3.8) is 0 Å². The molecule has 0 unspecified atom stereocenters. The Bertz CT molecular complexity index is 654. The van der Waals surface area contributed by atoms with E-state index in [0.717, 1.165) is 0 Å². The molecule has 28 heavy (non-hydrogen) atoms. The normalized spacial score (nSPS) is 23.7. The predicted octanol–water partition coefficient (Wildman–Crippen LogP) is 2.13. The van der Waals surface area contributed by atoms with Gasteiger partial charge in [-0.15, -0.1) is 0 Å². The van der Waals surface area contributed by atoms with Crippen molar-refractivity contribution in [2.45, 2.75) is 70.4 Å². The number of amides is 1. The van der Waals surface area contributed by atoms with Crippen LogP contribution in [0, 0.1) is 0 Å². The summed E-state index contributed by atoms with van der Waals surface area (Å²) in [6.07, 6.45) is -3.40. The van der Waals surface area contributed by atoms with E-state index >= 15 is 0 Å². The van der Waals surface area contributed by atoms with Gasteiger partial charge in [0.1, 0.15) is 29.7 Å². The third-order valence-corrected chi connectivity index (χ3v) is 4.21. The van der Waals surface area contributed by atoms with Crippen LogP contribution in [0.2, 0.25) is 0 Å². The fraction of sp³-hybridized carbons (Fsp3) is 0.650. The van der Waals surface area contributed by atoms with Crippen molar-refractivity contribution in [3.8, 4) is 5.75 Å². The maximum Gasteiger partial charge on any atom is 0.408 e. The fourth-order valence-corrected chi connectivity index (χ4v) is 3.08. The Labute approximate surface area is 165 Å². The molecule has 1 aliphatic rings. The van der Waals surface area contributed by atoms with Crippen LogP contribution >= 0.6 is 0 Å². The zero-order valence-electron chi connectivity index (χ0n) is 17.3. The molecular weight excluding hydrogens is 366 g/mol. The number of methoxy groups -OCH3 is 1. The Morgan fingerprint density at radius 1 is 1.21 bits per heavy atom. The fourth-order valence-electron chi connectivity index (χ4n) is 3.08. The summed E-state index contributed by atoms with van der Waals surface area (Å²) < 4.78 is 22.4. The lowest BCUT2D eigenvalue weighted by molar-refractivity contribution is -0.158.